The van der Waals surface area contributed by atoms with Crippen molar-refractivity contribution in [3.05, 3.63) is 0 Å². The van der Waals surface area contributed by atoms with E-state index in [1.807, 2.05) is 13.8 Å². The maximum absolute atomic E-state index is 14.1. The third-order valence-electron chi connectivity index (χ3n) is 16.4. The second kappa shape index (κ2) is 12.3. The lowest BCUT2D eigenvalue weighted by Gasteiger charge is -2.63. The van der Waals surface area contributed by atoms with E-state index in [-0.39, 0.29) is 52.9 Å². The number of carbonyl (C=O) groups excluding carboxylic acids is 1. The molecule has 6 rings (SSSR count). The normalized spacial score (nSPS) is 53.8. The highest BCUT2D eigenvalue weighted by molar-refractivity contribution is 5.78. The molecule has 1 unspecified atom stereocenters. The summed E-state index contributed by atoms with van der Waals surface area (Å²) in [6.45, 7) is 11.3. The molecule has 0 radical (unpaired) electrons. The van der Waals surface area contributed by atoms with Gasteiger partial charge in [0.1, 0.15) is 24.4 Å². The van der Waals surface area contributed by atoms with Crippen LogP contribution < -0.4 is 0 Å². The van der Waals surface area contributed by atoms with Gasteiger partial charge < -0.3 is 55.4 Å². The van der Waals surface area contributed by atoms with Gasteiger partial charge in [-0.15, -0.1) is 0 Å². The van der Waals surface area contributed by atoms with E-state index < -0.39 is 83.9 Å². The number of aliphatic hydroxyl groups is 9. The van der Waals surface area contributed by atoms with Crippen LogP contribution >= 0.6 is 0 Å². The number of carbonyl (C=O) groups is 1. The van der Waals surface area contributed by atoms with E-state index >= 15 is 0 Å². The van der Waals surface area contributed by atoms with Gasteiger partial charge in [0.15, 0.2) is 0 Å². The van der Waals surface area contributed by atoms with Crippen LogP contribution in [0.5, 0.6) is 0 Å². The Kier molecular flexibility index (Phi) is 9.50. The molecule has 1 saturated heterocycles. The standard InChI is InChI=1S/C37H62O12/c1-18(2)36(47,17-39)10-9-19(3)26-20(40)14-33(5)22-7-8-23-34(6,31(46)49-30-29(45)28(44)27(43)21(15-38)48-30)24(41)13-25(42)37(23)16-35(22,37)12-11-32(26,33)4/h18-30,38-45,47H,7-17H2,1-6H3/t19-,20+,21-,22+,23?,24+,25+,26+,27-,28+,29-,30+,32-,33+,34+,35+,36-,37-/m1/s1. The van der Waals surface area contributed by atoms with E-state index in [1.54, 1.807) is 6.92 Å². The maximum Gasteiger partial charge on any atom is 0.317 e. The number of aliphatic hydroxyl groups excluding tert-OH is 8. The van der Waals surface area contributed by atoms with Crippen molar-refractivity contribution < 1.29 is 60.2 Å². The summed E-state index contributed by atoms with van der Waals surface area (Å²) >= 11 is 0. The minimum atomic E-state index is -1.77. The summed E-state index contributed by atoms with van der Waals surface area (Å²) < 4.78 is 11.2. The van der Waals surface area contributed by atoms with E-state index in [2.05, 4.69) is 20.8 Å². The van der Waals surface area contributed by atoms with Gasteiger partial charge in [-0.3, -0.25) is 4.79 Å². The average Bonchev–Trinajstić information content (AvgIpc) is 3.69. The predicted octanol–water partition coefficient (Wildman–Crippen LogP) is 0.847. The van der Waals surface area contributed by atoms with Crippen LogP contribution in [0.1, 0.15) is 99.3 Å². The third kappa shape index (κ3) is 4.94. The largest absolute Gasteiger partial charge is 0.432 e. The fraction of sp³-hybridized carbons (Fsp3) is 0.973. The molecule has 5 aliphatic carbocycles. The third-order valence-corrected chi connectivity index (χ3v) is 16.4. The second-order valence-corrected chi connectivity index (χ2v) is 18.3. The monoisotopic (exact) mass is 698 g/mol. The Bertz CT molecular complexity index is 1260. The molecular formula is C37H62O12. The van der Waals surface area contributed by atoms with Gasteiger partial charge in [0.2, 0.25) is 6.29 Å². The first-order valence-electron chi connectivity index (χ1n) is 18.6. The number of ether oxygens (including phenoxy) is 2. The van der Waals surface area contributed by atoms with Crippen molar-refractivity contribution in [2.24, 2.45) is 56.7 Å². The molecule has 0 bridgehead atoms. The molecule has 0 amide bonds. The number of hydrogen-bond donors (Lipinski definition) is 9. The van der Waals surface area contributed by atoms with E-state index in [0.29, 0.717) is 32.1 Å². The van der Waals surface area contributed by atoms with Crippen molar-refractivity contribution in [2.75, 3.05) is 13.2 Å². The Morgan fingerprint density at radius 2 is 1.55 bits per heavy atom. The van der Waals surface area contributed by atoms with Gasteiger partial charge in [-0.1, -0.05) is 34.6 Å². The van der Waals surface area contributed by atoms with Crippen molar-refractivity contribution in [3.8, 4) is 0 Å². The zero-order valence-corrected chi connectivity index (χ0v) is 30.0. The summed E-state index contributed by atoms with van der Waals surface area (Å²) in [5.74, 6) is -1.09. The van der Waals surface area contributed by atoms with Crippen molar-refractivity contribution >= 4 is 5.97 Å². The van der Waals surface area contributed by atoms with Crippen molar-refractivity contribution in [1.29, 1.82) is 0 Å². The Hall–Kier alpha value is -0.930. The van der Waals surface area contributed by atoms with Crippen molar-refractivity contribution in [3.63, 3.8) is 0 Å². The van der Waals surface area contributed by atoms with Gasteiger partial charge in [-0.2, -0.15) is 0 Å². The van der Waals surface area contributed by atoms with Crippen LogP contribution in [-0.4, -0.2) is 120 Å². The second-order valence-electron chi connectivity index (χ2n) is 18.3. The lowest BCUT2D eigenvalue weighted by molar-refractivity contribution is -0.300. The highest BCUT2D eigenvalue weighted by atomic mass is 16.7. The van der Waals surface area contributed by atoms with Crippen molar-refractivity contribution in [1.82, 2.24) is 0 Å². The summed E-state index contributed by atoms with van der Waals surface area (Å²) in [6, 6.07) is 0. The zero-order chi connectivity index (χ0) is 36.3. The van der Waals surface area contributed by atoms with Gasteiger partial charge in [0.05, 0.1) is 42.5 Å². The van der Waals surface area contributed by atoms with Crippen LogP contribution in [0.3, 0.4) is 0 Å². The summed E-state index contributed by atoms with van der Waals surface area (Å²) in [4.78, 5) is 14.1. The molecule has 0 aromatic heterocycles. The SMILES string of the molecule is CC(C)[C@](O)(CO)CC[C@@H](C)[C@H]1[C@@H](O)C[C@@]2(C)[C@@H]3CCC4[C@](C)(C(=O)O[C@@H]5O[C@H](CO)[C@@H](O)[C@H](O)[C@H]5O)[C@@H](O)C[C@H](O)[C@@]45C[C@@]35CC[C@]12C. The van der Waals surface area contributed by atoms with Crippen LogP contribution in [0.2, 0.25) is 0 Å². The molecule has 18 atom stereocenters. The Morgan fingerprint density at radius 1 is 0.898 bits per heavy atom. The first-order valence-corrected chi connectivity index (χ1v) is 18.6. The highest BCUT2D eigenvalue weighted by Crippen LogP contribution is 2.89. The Labute approximate surface area is 289 Å². The minimum absolute atomic E-state index is 0.00531. The van der Waals surface area contributed by atoms with Gasteiger partial charge in [-0.25, -0.2) is 0 Å². The molecule has 1 heterocycles. The lowest BCUT2D eigenvalue weighted by atomic mass is 9.41. The fourth-order valence-corrected chi connectivity index (χ4v) is 13.1. The lowest BCUT2D eigenvalue weighted by Crippen LogP contribution is -2.65. The first-order chi connectivity index (χ1) is 22.8. The molecule has 12 heteroatoms. The van der Waals surface area contributed by atoms with Crippen LogP contribution in [-0.2, 0) is 14.3 Å². The number of rotatable bonds is 9. The fourth-order valence-electron chi connectivity index (χ4n) is 13.1. The van der Waals surface area contributed by atoms with E-state index in [0.717, 1.165) is 19.3 Å². The predicted molar refractivity (Wildman–Crippen MR) is 175 cm³/mol. The molecule has 0 aromatic carbocycles. The smallest absolute Gasteiger partial charge is 0.317 e. The number of esters is 1. The zero-order valence-electron chi connectivity index (χ0n) is 30.0. The van der Waals surface area contributed by atoms with E-state index in [4.69, 9.17) is 9.47 Å². The molecular weight excluding hydrogens is 636 g/mol. The molecule has 9 N–H and O–H groups in total. The quantitative estimate of drug-likeness (QED) is 0.153. The Morgan fingerprint density at radius 3 is 2.16 bits per heavy atom. The van der Waals surface area contributed by atoms with Crippen LogP contribution in [0.15, 0.2) is 0 Å². The van der Waals surface area contributed by atoms with Crippen LogP contribution in [0.25, 0.3) is 0 Å². The van der Waals surface area contributed by atoms with Crippen molar-refractivity contribution in [2.45, 2.75) is 154 Å². The molecule has 5 saturated carbocycles. The molecule has 6 aliphatic rings. The molecule has 6 fully saturated rings. The summed E-state index contributed by atoms with van der Waals surface area (Å²) in [6.07, 6.45) is -5.28. The van der Waals surface area contributed by atoms with Gasteiger partial charge in [-0.05, 0) is 104 Å². The highest BCUT2D eigenvalue weighted by Gasteiger charge is 2.86. The molecule has 49 heavy (non-hydrogen) atoms. The molecule has 0 aromatic rings. The summed E-state index contributed by atoms with van der Waals surface area (Å²) in [5, 5.41) is 96.9. The summed E-state index contributed by atoms with van der Waals surface area (Å²) in [5.41, 5.74) is -4.03. The van der Waals surface area contributed by atoms with Crippen LogP contribution in [0, 0.1) is 56.7 Å². The molecule has 282 valence electrons. The minimum Gasteiger partial charge on any atom is -0.432 e. The molecule has 12 nitrogen and oxygen atoms in total. The van der Waals surface area contributed by atoms with E-state index in [1.165, 1.54) is 0 Å². The van der Waals surface area contributed by atoms with Gasteiger partial charge in [0, 0.05) is 11.8 Å². The average molecular weight is 699 g/mol. The Balaban J connectivity index is 1.26. The first kappa shape index (κ1) is 37.8. The van der Waals surface area contributed by atoms with E-state index in [9.17, 15) is 50.8 Å². The maximum atomic E-state index is 14.1. The summed E-state index contributed by atoms with van der Waals surface area (Å²) in [7, 11) is 0. The van der Waals surface area contributed by atoms with Gasteiger partial charge in [0.25, 0.3) is 0 Å². The molecule has 2 spiro atoms. The topological polar surface area (TPSA) is 218 Å². The van der Waals surface area contributed by atoms with Gasteiger partial charge >= 0.3 is 5.97 Å². The van der Waals surface area contributed by atoms with Crippen LogP contribution in [0.4, 0.5) is 0 Å². The molecule has 1 aliphatic heterocycles. The number of fused-ring (bicyclic) bond motifs is 2. The number of hydrogen-bond acceptors (Lipinski definition) is 12.